The van der Waals surface area contributed by atoms with Crippen LogP contribution >= 0.6 is 46.5 Å². The minimum atomic E-state index is -0.629. The number of hydrogen-bond acceptors (Lipinski definition) is 8. The fourth-order valence-corrected chi connectivity index (χ4v) is 4.60. The van der Waals surface area contributed by atoms with Crippen molar-refractivity contribution in [3.8, 4) is 5.75 Å². The van der Waals surface area contributed by atoms with Gasteiger partial charge in [-0.25, -0.2) is 0 Å². The van der Waals surface area contributed by atoms with E-state index in [1.807, 2.05) is 6.92 Å². The molecule has 1 atom stereocenters. The van der Waals surface area contributed by atoms with E-state index < -0.39 is 6.10 Å². The topological polar surface area (TPSA) is 84.3 Å². The number of aliphatic hydroxyl groups excluding tert-OH is 1. The maximum absolute atomic E-state index is 11.6. The molecule has 0 bridgehead atoms. The summed E-state index contributed by atoms with van der Waals surface area (Å²) in [5.41, 5.74) is 0. The van der Waals surface area contributed by atoms with Crippen molar-refractivity contribution in [2.45, 2.75) is 28.1 Å². The van der Waals surface area contributed by atoms with Gasteiger partial charge in [0.1, 0.15) is 12.4 Å². The van der Waals surface area contributed by atoms with Crippen molar-refractivity contribution in [2.24, 2.45) is 0 Å². The lowest BCUT2D eigenvalue weighted by molar-refractivity contribution is -0.118. The molecule has 0 radical (unpaired) electrons. The number of hydrogen-bond donors (Lipinski definition) is 2. The molecule has 2 aromatic rings. The number of nitrogens with zero attached hydrogens (tertiary/aromatic N) is 2. The van der Waals surface area contributed by atoms with Gasteiger partial charge in [0, 0.05) is 17.3 Å². The van der Waals surface area contributed by atoms with Gasteiger partial charge in [0.15, 0.2) is 8.68 Å². The van der Waals surface area contributed by atoms with Crippen LogP contribution in [0.4, 0.5) is 0 Å². The summed E-state index contributed by atoms with van der Waals surface area (Å²) in [6.07, 6.45) is 0.288. The van der Waals surface area contributed by atoms with Crippen LogP contribution in [0.2, 0.25) is 5.02 Å². The normalized spacial score (nSPS) is 12.0. The van der Waals surface area contributed by atoms with Gasteiger partial charge < -0.3 is 15.2 Å². The van der Waals surface area contributed by atoms with Crippen LogP contribution in [0, 0.1) is 0 Å². The SMILES string of the molecule is CCCNC(=O)CSc1nnc(SCC(O)COc2ccc(Cl)cc2)s1. The Bertz CT molecular complexity index is 685. The number of benzene rings is 1. The quantitative estimate of drug-likeness (QED) is 0.525. The third-order valence-electron chi connectivity index (χ3n) is 2.94. The minimum Gasteiger partial charge on any atom is -0.491 e. The van der Waals surface area contributed by atoms with Gasteiger partial charge in [-0.3, -0.25) is 4.79 Å². The molecule has 0 aliphatic heterocycles. The summed E-state index contributed by atoms with van der Waals surface area (Å²) < 4.78 is 7.01. The van der Waals surface area contributed by atoms with E-state index >= 15 is 0 Å². The predicted molar refractivity (Wildman–Crippen MR) is 108 cm³/mol. The highest BCUT2D eigenvalue weighted by Gasteiger charge is 2.11. The number of amides is 1. The van der Waals surface area contributed by atoms with Crippen molar-refractivity contribution in [2.75, 3.05) is 24.7 Å². The zero-order chi connectivity index (χ0) is 18.8. The zero-order valence-electron chi connectivity index (χ0n) is 14.2. The smallest absolute Gasteiger partial charge is 0.230 e. The van der Waals surface area contributed by atoms with Crippen LogP contribution in [0.15, 0.2) is 32.9 Å². The van der Waals surface area contributed by atoms with Gasteiger partial charge in [-0.1, -0.05) is 53.4 Å². The molecule has 142 valence electrons. The fraction of sp³-hybridized carbons (Fsp3) is 0.438. The van der Waals surface area contributed by atoms with Crippen molar-refractivity contribution >= 4 is 52.4 Å². The molecule has 1 unspecified atom stereocenters. The molecule has 0 spiro atoms. The molecule has 2 N–H and O–H groups in total. The van der Waals surface area contributed by atoms with Gasteiger partial charge in [-0.05, 0) is 30.7 Å². The third-order valence-corrected chi connectivity index (χ3v) is 6.53. The van der Waals surface area contributed by atoms with Crippen molar-refractivity contribution in [3.05, 3.63) is 29.3 Å². The molecule has 0 aliphatic rings. The lowest BCUT2D eigenvalue weighted by Crippen LogP contribution is -2.25. The fourth-order valence-electron chi connectivity index (χ4n) is 1.70. The first kappa shape index (κ1) is 21.3. The molecule has 10 heteroatoms. The van der Waals surface area contributed by atoms with E-state index in [0.717, 1.165) is 15.1 Å². The Kier molecular flexibility index (Phi) is 9.55. The van der Waals surface area contributed by atoms with Crippen LogP contribution in [-0.2, 0) is 4.79 Å². The number of halogens is 1. The minimum absolute atomic E-state index is 0.00368. The summed E-state index contributed by atoms with van der Waals surface area (Å²) in [5.74, 6) is 1.44. The highest BCUT2D eigenvalue weighted by molar-refractivity contribution is 8.03. The van der Waals surface area contributed by atoms with E-state index in [9.17, 15) is 9.90 Å². The Hall–Kier alpha value is -1.000. The van der Waals surface area contributed by atoms with E-state index in [-0.39, 0.29) is 12.5 Å². The van der Waals surface area contributed by atoms with Crippen molar-refractivity contribution in [3.63, 3.8) is 0 Å². The number of rotatable bonds is 11. The molecule has 0 saturated carbocycles. The summed E-state index contributed by atoms with van der Waals surface area (Å²) in [4.78, 5) is 11.6. The van der Waals surface area contributed by atoms with Gasteiger partial charge in [0.2, 0.25) is 5.91 Å². The number of aromatic nitrogens is 2. The van der Waals surface area contributed by atoms with Crippen LogP contribution in [0.25, 0.3) is 0 Å². The van der Waals surface area contributed by atoms with Gasteiger partial charge in [-0.15, -0.1) is 10.2 Å². The second-order valence-corrected chi connectivity index (χ2v) is 9.11. The number of carbonyl (C=O) groups excluding carboxylic acids is 1. The first-order valence-corrected chi connectivity index (χ1v) is 11.2. The van der Waals surface area contributed by atoms with Crippen molar-refractivity contribution in [1.29, 1.82) is 0 Å². The number of carbonyl (C=O) groups is 1. The van der Waals surface area contributed by atoms with Crippen LogP contribution in [0.3, 0.4) is 0 Å². The molecule has 0 aliphatic carbocycles. The Balaban J connectivity index is 1.66. The molecule has 1 heterocycles. The van der Waals surface area contributed by atoms with E-state index in [0.29, 0.717) is 28.8 Å². The maximum Gasteiger partial charge on any atom is 0.230 e. The summed E-state index contributed by atoms with van der Waals surface area (Å²) in [5, 5.41) is 21.6. The highest BCUT2D eigenvalue weighted by atomic mass is 35.5. The average Bonchev–Trinajstić information content (AvgIpc) is 3.10. The number of thioether (sulfide) groups is 2. The standard InChI is InChI=1S/C16H20ClN3O3S3/c1-2-7-18-14(22)10-25-16-20-19-15(26-16)24-9-12(21)8-23-13-5-3-11(17)4-6-13/h3-6,12,21H,2,7-10H2,1H3,(H,18,22). The second-order valence-electron chi connectivity index (χ2n) is 5.20. The van der Waals surface area contributed by atoms with Gasteiger partial charge in [0.05, 0.1) is 11.9 Å². The first-order valence-electron chi connectivity index (χ1n) is 7.99. The van der Waals surface area contributed by atoms with E-state index in [2.05, 4.69) is 15.5 Å². The molecule has 0 saturated heterocycles. The Morgan fingerprint density at radius 1 is 1.31 bits per heavy atom. The van der Waals surface area contributed by atoms with Gasteiger partial charge in [-0.2, -0.15) is 0 Å². The van der Waals surface area contributed by atoms with Crippen molar-refractivity contribution < 1.29 is 14.6 Å². The zero-order valence-corrected chi connectivity index (χ0v) is 17.4. The molecule has 1 aromatic carbocycles. The molecule has 0 fully saturated rings. The molecule has 1 amide bonds. The summed E-state index contributed by atoms with van der Waals surface area (Å²) in [6, 6.07) is 6.99. The molecule has 1 aromatic heterocycles. The summed E-state index contributed by atoms with van der Waals surface area (Å²) >= 11 is 10.0. The maximum atomic E-state index is 11.6. The van der Waals surface area contributed by atoms with Crippen LogP contribution < -0.4 is 10.1 Å². The van der Waals surface area contributed by atoms with Crippen LogP contribution in [-0.4, -0.2) is 52.0 Å². The van der Waals surface area contributed by atoms with Gasteiger partial charge in [0.25, 0.3) is 0 Å². The Morgan fingerprint density at radius 3 is 2.69 bits per heavy atom. The number of ether oxygens (including phenoxy) is 1. The second kappa shape index (κ2) is 11.7. The molecule has 26 heavy (non-hydrogen) atoms. The van der Waals surface area contributed by atoms with Crippen LogP contribution in [0.5, 0.6) is 5.75 Å². The molecular formula is C16H20ClN3O3S3. The lowest BCUT2D eigenvalue weighted by Gasteiger charge is -2.11. The first-order chi connectivity index (χ1) is 12.6. The summed E-state index contributed by atoms with van der Waals surface area (Å²) in [6.45, 7) is 2.88. The van der Waals surface area contributed by atoms with E-state index in [4.69, 9.17) is 16.3 Å². The summed E-state index contributed by atoms with van der Waals surface area (Å²) in [7, 11) is 0. The molecule has 2 rings (SSSR count). The average molecular weight is 434 g/mol. The van der Waals surface area contributed by atoms with E-state index in [1.165, 1.54) is 34.9 Å². The highest BCUT2D eigenvalue weighted by Crippen LogP contribution is 2.29. The predicted octanol–water partition coefficient (Wildman–Crippen LogP) is 3.34. The third kappa shape index (κ3) is 8.13. The van der Waals surface area contributed by atoms with Crippen LogP contribution in [0.1, 0.15) is 13.3 Å². The molecule has 6 nitrogen and oxygen atoms in total. The monoisotopic (exact) mass is 433 g/mol. The Labute approximate surface area is 170 Å². The lowest BCUT2D eigenvalue weighted by atomic mass is 10.3. The van der Waals surface area contributed by atoms with Crippen molar-refractivity contribution in [1.82, 2.24) is 15.5 Å². The van der Waals surface area contributed by atoms with E-state index in [1.54, 1.807) is 24.3 Å². The largest absolute Gasteiger partial charge is 0.491 e. The number of nitrogens with one attached hydrogen (secondary N) is 1. The Morgan fingerprint density at radius 2 is 2.00 bits per heavy atom. The molecular weight excluding hydrogens is 414 g/mol. The van der Waals surface area contributed by atoms with Gasteiger partial charge >= 0.3 is 0 Å². The number of aliphatic hydroxyl groups is 1.